The molecule has 1 aromatic carbocycles. The summed E-state index contributed by atoms with van der Waals surface area (Å²) in [6, 6.07) is 5.11. The van der Waals surface area contributed by atoms with Crippen LogP contribution in [0, 0.1) is 6.92 Å². The van der Waals surface area contributed by atoms with Gasteiger partial charge in [-0.3, -0.25) is 9.59 Å². The summed E-state index contributed by atoms with van der Waals surface area (Å²) in [6.07, 6.45) is 0.902. The zero-order chi connectivity index (χ0) is 13.8. The number of anilines is 1. The van der Waals surface area contributed by atoms with Crippen LogP contribution in [0.2, 0.25) is 0 Å². The first kappa shape index (κ1) is 12.7. The number of hydrogen-bond acceptors (Lipinski definition) is 5. The first-order valence-electron chi connectivity index (χ1n) is 5.42. The van der Waals surface area contributed by atoms with Gasteiger partial charge < -0.3 is 10.4 Å². The number of aromatic nitrogens is 4. The maximum absolute atomic E-state index is 11.3. The van der Waals surface area contributed by atoms with E-state index in [2.05, 4.69) is 20.8 Å². The molecule has 0 aliphatic heterocycles. The number of rotatable bonds is 4. The van der Waals surface area contributed by atoms with Crippen LogP contribution in [0.4, 0.5) is 5.69 Å². The van der Waals surface area contributed by atoms with Crippen molar-refractivity contribution in [3.63, 3.8) is 0 Å². The van der Waals surface area contributed by atoms with Gasteiger partial charge in [0.15, 0.2) is 0 Å². The zero-order valence-electron chi connectivity index (χ0n) is 10.1. The third kappa shape index (κ3) is 3.12. The molecule has 0 bridgehead atoms. The lowest BCUT2D eigenvalue weighted by Gasteiger charge is -2.08. The van der Waals surface area contributed by atoms with E-state index in [-0.39, 0.29) is 0 Å². The number of carboxylic acid groups (broad SMARTS) is 1. The minimum absolute atomic E-state index is 0.528. The molecule has 0 radical (unpaired) electrons. The van der Waals surface area contributed by atoms with Crippen molar-refractivity contribution in [1.29, 1.82) is 0 Å². The fraction of sp³-hybridized carbons (Fsp3) is 0.182. The number of benzene rings is 1. The molecule has 8 nitrogen and oxygen atoms in total. The number of tetrazole rings is 1. The molecule has 8 heteroatoms. The van der Waals surface area contributed by atoms with Crippen molar-refractivity contribution in [2.24, 2.45) is 0 Å². The van der Waals surface area contributed by atoms with E-state index in [1.807, 2.05) is 6.92 Å². The topological polar surface area (TPSA) is 110 Å². The summed E-state index contributed by atoms with van der Waals surface area (Å²) < 4.78 is 1.50. The maximum atomic E-state index is 11.3. The highest BCUT2D eigenvalue weighted by atomic mass is 16.4. The molecule has 1 heterocycles. The van der Waals surface area contributed by atoms with Crippen LogP contribution in [0.1, 0.15) is 12.0 Å². The second-order valence-corrected chi connectivity index (χ2v) is 3.87. The van der Waals surface area contributed by atoms with E-state index < -0.39 is 18.3 Å². The predicted molar refractivity (Wildman–Crippen MR) is 64.8 cm³/mol. The van der Waals surface area contributed by atoms with Gasteiger partial charge in [-0.1, -0.05) is 0 Å². The van der Waals surface area contributed by atoms with Crippen LogP contribution in [0.15, 0.2) is 24.5 Å². The van der Waals surface area contributed by atoms with Gasteiger partial charge in [0.1, 0.15) is 12.7 Å². The fourth-order valence-corrected chi connectivity index (χ4v) is 1.60. The Kier molecular flexibility index (Phi) is 3.51. The van der Waals surface area contributed by atoms with Crippen molar-refractivity contribution in [3.8, 4) is 5.69 Å². The van der Waals surface area contributed by atoms with E-state index in [1.54, 1.807) is 18.2 Å². The average molecular weight is 261 g/mol. The second-order valence-electron chi connectivity index (χ2n) is 3.87. The SMILES string of the molecule is Cc1cc(NC(=O)CC(=O)O)ccc1-n1cnnn1. The van der Waals surface area contributed by atoms with E-state index in [0.717, 1.165) is 11.3 Å². The Bertz CT molecular complexity index is 609. The molecule has 0 fully saturated rings. The Morgan fingerprint density at radius 3 is 2.79 bits per heavy atom. The van der Waals surface area contributed by atoms with E-state index in [1.165, 1.54) is 11.0 Å². The van der Waals surface area contributed by atoms with Gasteiger partial charge in [0.2, 0.25) is 5.91 Å². The Morgan fingerprint density at radius 2 is 2.21 bits per heavy atom. The quantitative estimate of drug-likeness (QED) is 0.770. The minimum Gasteiger partial charge on any atom is -0.481 e. The molecular formula is C11H11N5O3. The Labute approximate surface area is 108 Å². The third-order valence-electron chi connectivity index (χ3n) is 2.39. The first-order valence-corrected chi connectivity index (χ1v) is 5.42. The molecule has 98 valence electrons. The van der Waals surface area contributed by atoms with Crippen LogP contribution in [0.25, 0.3) is 5.69 Å². The standard InChI is InChI=1S/C11H11N5O3/c1-7-4-8(13-10(17)5-11(18)19)2-3-9(7)16-6-12-14-15-16/h2-4,6H,5H2,1H3,(H,13,17)(H,18,19). The summed E-state index contributed by atoms with van der Waals surface area (Å²) in [6.45, 7) is 1.84. The lowest BCUT2D eigenvalue weighted by molar-refractivity contribution is -0.139. The smallest absolute Gasteiger partial charge is 0.312 e. The number of carbonyl (C=O) groups excluding carboxylic acids is 1. The monoisotopic (exact) mass is 261 g/mol. The number of nitrogens with zero attached hydrogens (tertiary/aromatic N) is 4. The van der Waals surface area contributed by atoms with Crippen LogP contribution in [-0.2, 0) is 9.59 Å². The molecule has 0 unspecified atom stereocenters. The highest BCUT2D eigenvalue weighted by molar-refractivity contribution is 6.01. The van der Waals surface area contributed by atoms with Crippen LogP contribution < -0.4 is 5.32 Å². The van der Waals surface area contributed by atoms with Crippen LogP contribution in [-0.4, -0.2) is 37.2 Å². The van der Waals surface area contributed by atoms with Crippen LogP contribution >= 0.6 is 0 Å². The van der Waals surface area contributed by atoms with Crippen molar-refractivity contribution < 1.29 is 14.7 Å². The molecule has 2 aromatic rings. The summed E-state index contributed by atoms with van der Waals surface area (Å²) in [5, 5.41) is 21.9. The molecule has 0 spiro atoms. The third-order valence-corrected chi connectivity index (χ3v) is 2.39. The number of carboxylic acids is 1. The van der Waals surface area contributed by atoms with Gasteiger partial charge in [-0.25, -0.2) is 4.68 Å². The van der Waals surface area contributed by atoms with Crippen LogP contribution in [0.3, 0.4) is 0 Å². The summed E-state index contributed by atoms with van der Waals surface area (Å²) in [7, 11) is 0. The Morgan fingerprint density at radius 1 is 1.42 bits per heavy atom. The number of amides is 1. The highest BCUT2D eigenvalue weighted by Gasteiger charge is 2.09. The number of aliphatic carboxylic acids is 1. The maximum Gasteiger partial charge on any atom is 0.312 e. The summed E-state index contributed by atoms with van der Waals surface area (Å²) in [5.41, 5.74) is 2.15. The normalized spacial score (nSPS) is 10.2. The molecule has 1 amide bonds. The molecule has 0 aliphatic rings. The zero-order valence-corrected chi connectivity index (χ0v) is 10.1. The lowest BCUT2D eigenvalue weighted by atomic mass is 10.1. The van der Waals surface area contributed by atoms with E-state index in [0.29, 0.717) is 5.69 Å². The van der Waals surface area contributed by atoms with Crippen molar-refractivity contribution in [2.75, 3.05) is 5.32 Å². The lowest BCUT2D eigenvalue weighted by Crippen LogP contribution is -2.16. The summed E-state index contributed by atoms with van der Waals surface area (Å²) in [5.74, 6) is -1.73. The van der Waals surface area contributed by atoms with Gasteiger partial charge >= 0.3 is 5.97 Å². The molecule has 1 aromatic heterocycles. The molecular weight excluding hydrogens is 250 g/mol. The average Bonchev–Trinajstić information content (AvgIpc) is 2.81. The predicted octanol–water partition coefficient (Wildman–Crippen LogP) is 0.384. The van der Waals surface area contributed by atoms with E-state index in [4.69, 9.17) is 5.11 Å². The van der Waals surface area contributed by atoms with Gasteiger partial charge in [-0.05, 0) is 41.1 Å². The first-order chi connectivity index (χ1) is 9.06. The van der Waals surface area contributed by atoms with Crippen molar-refractivity contribution in [3.05, 3.63) is 30.1 Å². The molecule has 0 aliphatic carbocycles. The molecule has 2 rings (SSSR count). The number of aryl methyl sites for hydroxylation is 1. The Hall–Kier alpha value is -2.77. The largest absolute Gasteiger partial charge is 0.481 e. The fourth-order valence-electron chi connectivity index (χ4n) is 1.60. The van der Waals surface area contributed by atoms with Crippen molar-refractivity contribution in [1.82, 2.24) is 20.2 Å². The van der Waals surface area contributed by atoms with Gasteiger partial charge in [0.05, 0.1) is 5.69 Å². The Balaban J connectivity index is 2.15. The molecule has 0 atom stereocenters. The van der Waals surface area contributed by atoms with Crippen molar-refractivity contribution in [2.45, 2.75) is 13.3 Å². The molecule has 19 heavy (non-hydrogen) atoms. The van der Waals surface area contributed by atoms with E-state index in [9.17, 15) is 9.59 Å². The minimum atomic E-state index is -1.17. The number of hydrogen-bond donors (Lipinski definition) is 2. The summed E-state index contributed by atoms with van der Waals surface area (Å²) in [4.78, 5) is 21.7. The molecule has 0 saturated heterocycles. The highest BCUT2D eigenvalue weighted by Crippen LogP contribution is 2.17. The molecule has 2 N–H and O–H groups in total. The van der Waals surface area contributed by atoms with Crippen LogP contribution in [0.5, 0.6) is 0 Å². The second kappa shape index (κ2) is 5.25. The summed E-state index contributed by atoms with van der Waals surface area (Å²) >= 11 is 0. The number of nitrogens with one attached hydrogen (secondary N) is 1. The molecule has 0 saturated carbocycles. The van der Waals surface area contributed by atoms with Crippen molar-refractivity contribution >= 4 is 17.6 Å². The number of carbonyl (C=O) groups is 2. The van der Waals surface area contributed by atoms with Gasteiger partial charge in [0, 0.05) is 5.69 Å². The van der Waals surface area contributed by atoms with E-state index >= 15 is 0 Å². The van der Waals surface area contributed by atoms with Gasteiger partial charge in [0.25, 0.3) is 0 Å². The van der Waals surface area contributed by atoms with Gasteiger partial charge in [-0.15, -0.1) is 5.10 Å². The van der Waals surface area contributed by atoms with Gasteiger partial charge in [-0.2, -0.15) is 0 Å².